The van der Waals surface area contributed by atoms with Crippen LogP contribution in [0.1, 0.15) is 18.4 Å². The first-order valence-corrected chi connectivity index (χ1v) is 6.90. The number of hydrogen-bond acceptors (Lipinski definition) is 6. The van der Waals surface area contributed by atoms with E-state index in [1.807, 2.05) is 16.8 Å². The summed E-state index contributed by atoms with van der Waals surface area (Å²) < 4.78 is 4.83. The number of ether oxygens (including phenoxy) is 1. The van der Waals surface area contributed by atoms with Gasteiger partial charge < -0.3 is 10.1 Å². The van der Waals surface area contributed by atoms with Crippen LogP contribution in [0.5, 0.6) is 0 Å². The summed E-state index contributed by atoms with van der Waals surface area (Å²) in [6.45, 7) is 1.77. The molecular formula is C13H12N2O2S2. The molecule has 1 unspecified atom stereocenters. The van der Waals surface area contributed by atoms with Crippen LogP contribution in [-0.4, -0.2) is 13.1 Å². The zero-order valence-corrected chi connectivity index (χ0v) is 12.1. The standard InChI is InChI=1S/C13H12N2O2S2/c1-7-10(13(16)17-2)11(8-3-4-19-6-8)9(5-14)12(18)15-7/h3-4,6,11,15,18H,1-2H3. The lowest BCUT2D eigenvalue weighted by atomic mass is 9.84. The van der Waals surface area contributed by atoms with Crippen LogP contribution in [0.15, 0.2) is 38.7 Å². The molecule has 2 rings (SSSR count). The number of nitriles is 1. The molecule has 98 valence electrons. The number of hydrogen-bond donors (Lipinski definition) is 2. The van der Waals surface area contributed by atoms with E-state index < -0.39 is 11.9 Å². The van der Waals surface area contributed by atoms with E-state index in [0.717, 1.165) is 5.56 Å². The number of carbonyl (C=O) groups excluding carboxylic acids is 1. The Morgan fingerprint density at radius 3 is 2.89 bits per heavy atom. The number of methoxy groups -OCH3 is 1. The molecule has 1 atom stereocenters. The van der Waals surface area contributed by atoms with Crippen molar-refractivity contribution in [2.45, 2.75) is 12.8 Å². The predicted octanol–water partition coefficient (Wildman–Crippen LogP) is 2.55. The maximum absolute atomic E-state index is 12.0. The maximum atomic E-state index is 12.0. The van der Waals surface area contributed by atoms with E-state index in [4.69, 9.17) is 4.74 Å². The topological polar surface area (TPSA) is 62.1 Å². The van der Waals surface area contributed by atoms with Gasteiger partial charge in [-0.15, -0.1) is 12.6 Å². The quantitative estimate of drug-likeness (QED) is 0.649. The van der Waals surface area contributed by atoms with Crippen molar-refractivity contribution in [3.8, 4) is 6.07 Å². The third-order valence-electron chi connectivity index (χ3n) is 2.94. The van der Waals surface area contributed by atoms with Gasteiger partial charge >= 0.3 is 5.97 Å². The zero-order chi connectivity index (χ0) is 14.0. The molecule has 0 radical (unpaired) electrons. The zero-order valence-electron chi connectivity index (χ0n) is 10.4. The van der Waals surface area contributed by atoms with E-state index >= 15 is 0 Å². The molecule has 4 nitrogen and oxygen atoms in total. The van der Waals surface area contributed by atoms with Crippen molar-refractivity contribution in [2.24, 2.45) is 0 Å². The van der Waals surface area contributed by atoms with Crippen LogP contribution in [0.25, 0.3) is 0 Å². The van der Waals surface area contributed by atoms with Crippen molar-refractivity contribution < 1.29 is 9.53 Å². The summed E-state index contributed by atoms with van der Waals surface area (Å²) in [7, 11) is 1.33. The van der Waals surface area contributed by atoms with E-state index in [2.05, 4.69) is 24.0 Å². The van der Waals surface area contributed by atoms with Gasteiger partial charge in [0.2, 0.25) is 0 Å². The fourth-order valence-corrected chi connectivity index (χ4v) is 3.11. The molecule has 0 amide bonds. The maximum Gasteiger partial charge on any atom is 0.336 e. The molecule has 1 aromatic rings. The molecule has 0 aromatic carbocycles. The highest BCUT2D eigenvalue weighted by Crippen LogP contribution is 2.39. The van der Waals surface area contributed by atoms with Crippen LogP contribution in [-0.2, 0) is 9.53 Å². The molecule has 6 heteroatoms. The average molecular weight is 292 g/mol. The third-order valence-corrected chi connectivity index (χ3v) is 4.00. The molecule has 2 heterocycles. The van der Waals surface area contributed by atoms with Crippen LogP contribution in [0, 0.1) is 11.3 Å². The molecule has 1 aliphatic rings. The molecule has 1 N–H and O–H groups in total. The van der Waals surface area contributed by atoms with Crippen LogP contribution in [0.3, 0.4) is 0 Å². The second kappa shape index (κ2) is 5.51. The Balaban J connectivity index is 2.61. The van der Waals surface area contributed by atoms with Gasteiger partial charge in [-0.3, -0.25) is 0 Å². The number of rotatable bonds is 2. The highest BCUT2D eigenvalue weighted by molar-refractivity contribution is 7.84. The lowest BCUT2D eigenvalue weighted by Crippen LogP contribution is -2.27. The van der Waals surface area contributed by atoms with Crippen LogP contribution < -0.4 is 5.32 Å². The fourth-order valence-electron chi connectivity index (χ4n) is 2.08. The van der Waals surface area contributed by atoms with Gasteiger partial charge in [-0.25, -0.2) is 4.79 Å². The van der Waals surface area contributed by atoms with E-state index in [9.17, 15) is 10.1 Å². The molecule has 0 spiro atoms. The minimum absolute atomic E-state index is 0.419. The number of dihydropyridines is 1. The number of thiol groups is 1. The van der Waals surface area contributed by atoms with Gasteiger partial charge in [-0.2, -0.15) is 16.6 Å². The number of nitrogens with one attached hydrogen (secondary N) is 1. The first-order chi connectivity index (χ1) is 9.10. The van der Waals surface area contributed by atoms with Crippen LogP contribution in [0.4, 0.5) is 0 Å². The van der Waals surface area contributed by atoms with Crippen molar-refractivity contribution >= 4 is 29.9 Å². The van der Waals surface area contributed by atoms with Crippen molar-refractivity contribution in [1.29, 1.82) is 5.26 Å². The largest absolute Gasteiger partial charge is 0.466 e. The SMILES string of the molecule is COC(=O)C1=C(C)NC(S)=C(C#N)C1c1ccsc1. The Hall–Kier alpha value is -1.71. The Morgan fingerprint density at radius 1 is 1.63 bits per heavy atom. The molecule has 1 aliphatic heterocycles. The third kappa shape index (κ3) is 2.39. The first-order valence-electron chi connectivity index (χ1n) is 5.51. The molecular weight excluding hydrogens is 280 g/mol. The lowest BCUT2D eigenvalue weighted by molar-refractivity contribution is -0.136. The second-order valence-electron chi connectivity index (χ2n) is 4.02. The number of carbonyl (C=O) groups is 1. The average Bonchev–Trinajstić information content (AvgIpc) is 2.90. The van der Waals surface area contributed by atoms with Crippen molar-refractivity contribution in [1.82, 2.24) is 5.32 Å². The Bertz CT molecular complexity index is 609. The minimum atomic E-state index is -0.435. The molecule has 19 heavy (non-hydrogen) atoms. The van der Waals surface area contributed by atoms with Crippen molar-refractivity contribution in [2.75, 3.05) is 7.11 Å². The number of nitrogens with zero attached hydrogens (tertiary/aromatic N) is 1. The van der Waals surface area contributed by atoms with E-state index in [1.54, 1.807) is 6.92 Å². The number of esters is 1. The Labute approximate surface area is 120 Å². The molecule has 0 bridgehead atoms. The van der Waals surface area contributed by atoms with Gasteiger partial charge in [0.25, 0.3) is 0 Å². The van der Waals surface area contributed by atoms with E-state index in [0.29, 0.717) is 21.9 Å². The van der Waals surface area contributed by atoms with Gasteiger partial charge in [-0.05, 0) is 29.3 Å². The smallest absolute Gasteiger partial charge is 0.336 e. The highest BCUT2D eigenvalue weighted by Gasteiger charge is 2.34. The number of thiophene rings is 1. The first kappa shape index (κ1) is 13.7. The second-order valence-corrected chi connectivity index (χ2v) is 5.25. The molecule has 0 aliphatic carbocycles. The minimum Gasteiger partial charge on any atom is -0.466 e. The summed E-state index contributed by atoms with van der Waals surface area (Å²) in [5.41, 5.74) is 2.43. The monoisotopic (exact) mass is 292 g/mol. The summed E-state index contributed by atoms with van der Waals surface area (Å²) in [5, 5.41) is 16.6. The Morgan fingerprint density at radius 2 is 2.37 bits per heavy atom. The summed E-state index contributed by atoms with van der Waals surface area (Å²) in [5.74, 6) is -0.854. The van der Waals surface area contributed by atoms with Gasteiger partial charge in [0.15, 0.2) is 0 Å². The summed E-state index contributed by atoms with van der Waals surface area (Å²) in [4.78, 5) is 12.0. The van der Waals surface area contributed by atoms with Gasteiger partial charge in [0.1, 0.15) is 0 Å². The van der Waals surface area contributed by atoms with Gasteiger partial charge in [0, 0.05) is 5.70 Å². The van der Waals surface area contributed by atoms with Gasteiger partial charge in [0.05, 0.1) is 35.3 Å². The lowest BCUT2D eigenvalue weighted by Gasteiger charge is -2.26. The summed E-state index contributed by atoms with van der Waals surface area (Å²) in [6.07, 6.45) is 0. The number of allylic oxidation sites excluding steroid dienone is 2. The molecule has 0 saturated heterocycles. The molecule has 0 saturated carbocycles. The molecule has 1 aromatic heterocycles. The van der Waals surface area contributed by atoms with Gasteiger partial charge in [-0.1, -0.05) is 0 Å². The predicted molar refractivity (Wildman–Crippen MR) is 76.5 cm³/mol. The fraction of sp³-hybridized carbons (Fsp3) is 0.231. The van der Waals surface area contributed by atoms with E-state index in [1.165, 1.54) is 18.4 Å². The summed E-state index contributed by atoms with van der Waals surface area (Å²) >= 11 is 5.81. The molecule has 0 fully saturated rings. The van der Waals surface area contributed by atoms with Crippen molar-refractivity contribution in [3.05, 3.63) is 44.3 Å². The van der Waals surface area contributed by atoms with E-state index in [-0.39, 0.29) is 0 Å². The van der Waals surface area contributed by atoms with Crippen molar-refractivity contribution in [3.63, 3.8) is 0 Å². The normalized spacial score (nSPS) is 18.9. The Kier molecular flexibility index (Phi) is 3.98. The van der Waals surface area contributed by atoms with Crippen LogP contribution in [0.2, 0.25) is 0 Å². The highest BCUT2D eigenvalue weighted by atomic mass is 32.1. The summed E-state index contributed by atoms with van der Waals surface area (Å²) in [6, 6.07) is 4.02. The van der Waals surface area contributed by atoms with Crippen LogP contribution >= 0.6 is 24.0 Å².